The van der Waals surface area contributed by atoms with E-state index in [0.717, 1.165) is 13.0 Å². The number of anilines is 1. The molecule has 2 aromatic rings. The summed E-state index contributed by atoms with van der Waals surface area (Å²) in [6.45, 7) is 2.86. The highest BCUT2D eigenvalue weighted by molar-refractivity contribution is 6.32. The molecule has 2 atom stereocenters. The van der Waals surface area contributed by atoms with Crippen molar-refractivity contribution < 1.29 is 14.3 Å². The van der Waals surface area contributed by atoms with Crippen LogP contribution >= 0.6 is 11.6 Å². The number of halogens is 1. The van der Waals surface area contributed by atoms with Crippen molar-refractivity contribution in [3.8, 4) is 0 Å². The van der Waals surface area contributed by atoms with Crippen molar-refractivity contribution in [1.29, 1.82) is 0 Å². The van der Waals surface area contributed by atoms with Gasteiger partial charge < -0.3 is 15.4 Å². The summed E-state index contributed by atoms with van der Waals surface area (Å²) < 4.78 is 6.58. The van der Waals surface area contributed by atoms with E-state index < -0.39 is 5.97 Å². The zero-order chi connectivity index (χ0) is 20.4. The maximum atomic E-state index is 13.0. The fourth-order valence-corrected chi connectivity index (χ4v) is 4.97. The summed E-state index contributed by atoms with van der Waals surface area (Å²) in [6, 6.07) is 3.34. The molecule has 1 saturated carbocycles. The second-order valence-electron chi connectivity index (χ2n) is 7.89. The maximum Gasteiger partial charge on any atom is 0.360 e. The first kappa shape index (κ1) is 20.2. The van der Waals surface area contributed by atoms with E-state index in [9.17, 15) is 9.59 Å². The molecule has 0 spiro atoms. The van der Waals surface area contributed by atoms with Crippen molar-refractivity contribution in [2.75, 3.05) is 18.5 Å². The van der Waals surface area contributed by atoms with Gasteiger partial charge in [0.25, 0.3) is 0 Å². The smallest absolute Gasteiger partial charge is 0.360 e. The largest absolute Gasteiger partial charge is 0.461 e. The van der Waals surface area contributed by atoms with E-state index in [1.54, 1.807) is 29.7 Å². The van der Waals surface area contributed by atoms with E-state index in [-0.39, 0.29) is 29.4 Å². The van der Waals surface area contributed by atoms with E-state index >= 15 is 0 Å². The van der Waals surface area contributed by atoms with Crippen LogP contribution in [0.3, 0.4) is 0 Å². The molecule has 29 heavy (non-hydrogen) atoms. The van der Waals surface area contributed by atoms with E-state index in [1.807, 2.05) is 0 Å². The molecule has 2 aliphatic rings. The summed E-state index contributed by atoms with van der Waals surface area (Å²) >= 11 is 6.32. The Hall–Kier alpha value is -2.12. The van der Waals surface area contributed by atoms with Crippen molar-refractivity contribution >= 4 is 34.8 Å². The standard InChI is InChI=1S/C21H27ClN4O3/c1-2-29-21(28)18-19(22)26-12-14(8-9-16(26)25-18)24-20(27)17-15(10-11-23-17)13-6-4-3-5-7-13/h8-9,12-13,15,17,23H,2-7,10-11H2,1H3,(H,24,27). The van der Waals surface area contributed by atoms with E-state index in [0.29, 0.717) is 23.2 Å². The monoisotopic (exact) mass is 418 g/mol. The Balaban J connectivity index is 1.50. The van der Waals surface area contributed by atoms with Crippen LogP contribution < -0.4 is 10.6 Å². The van der Waals surface area contributed by atoms with Gasteiger partial charge >= 0.3 is 5.97 Å². The molecule has 1 amide bonds. The van der Waals surface area contributed by atoms with E-state index in [1.165, 1.54) is 32.1 Å². The van der Waals surface area contributed by atoms with Gasteiger partial charge in [-0.3, -0.25) is 9.20 Å². The zero-order valence-electron chi connectivity index (χ0n) is 16.6. The highest BCUT2D eigenvalue weighted by atomic mass is 35.5. The number of hydrogen-bond donors (Lipinski definition) is 2. The molecule has 0 aromatic carbocycles. The average molecular weight is 419 g/mol. The van der Waals surface area contributed by atoms with Crippen LogP contribution in [-0.4, -0.2) is 40.5 Å². The van der Waals surface area contributed by atoms with Crippen molar-refractivity contribution in [1.82, 2.24) is 14.7 Å². The first-order valence-electron chi connectivity index (χ1n) is 10.5. The van der Waals surface area contributed by atoms with Crippen LogP contribution in [0.2, 0.25) is 5.15 Å². The Morgan fingerprint density at radius 1 is 1.28 bits per heavy atom. The van der Waals surface area contributed by atoms with Crippen LogP contribution in [0, 0.1) is 11.8 Å². The molecule has 1 aliphatic carbocycles. The van der Waals surface area contributed by atoms with Gasteiger partial charge in [0, 0.05) is 6.20 Å². The molecule has 7 nitrogen and oxygen atoms in total. The van der Waals surface area contributed by atoms with Crippen LogP contribution in [-0.2, 0) is 9.53 Å². The maximum absolute atomic E-state index is 13.0. The number of nitrogens with zero attached hydrogens (tertiary/aromatic N) is 2. The molecule has 0 radical (unpaired) electrons. The third-order valence-corrected chi connectivity index (χ3v) is 6.47. The molecule has 156 valence electrons. The highest BCUT2D eigenvalue weighted by Gasteiger charge is 2.38. The van der Waals surface area contributed by atoms with E-state index in [2.05, 4.69) is 15.6 Å². The summed E-state index contributed by atoms with van der Waals surface area (Å²) in [6.07, 6.45) is 9.05. The molecule has 0 bridgehead atoms. The third kappa shape index (κ3) is 4.12. The number of fused-ring (bicyclic) bond motifs is 1. The summed E-state index contributed by atoms with van der Waals surface area (Å²) in [5.41, 5.74) is 1.22. The number of amides is 1. The first-order valence-corrected chi connectivity index (χ1v) is 10.8. The van der Waals surface area contributed by atoms with Crippen molar-refractivity contribution in [2.24, 2.45) is 11.8 Å². The zero-order valence-corrected chi connectivity index (χ0v) is 17.4. The quantitative estimate of drug-likeness (QED) is 0.724. The molecular formula is C21H27ClN4O3. The van der Waals surface area contributed by atoms with Crippen LogP contribution in [0.15, 0.2) is 18.3 Å². The van der Waals surface area contributed by atoms with Gasteiger partial charge in [0.2, 0.25) is 5.91 Å². The van der Waals surface area contributed by atoms with Gasteiger partial charge in [-0.1, -0.05) is 43.7 Å². The van der Waals surface area contributed by atoms with Crippen molar-refractivity contribution in [3.05, 3.63) is 29.2 Å². The lowest BCUT2D eigenvalue weighted by atomic mass is 9.76. The number of carbonyl (C=O) groups is 2. The molecule has 4 rings (SSSR count). The summed E-state index contributed by atoms with van der Waals surface area (Å²) in [4.78, 5) is 29.2. The molecule has 1 saturated heterocycles. The lowest BCUT2D eigenvalue weighted by Gasteiger charge is -2.30. The number of aromatic nitrogens is 2. The second-order valence-corrected chi connectivity index (χ2v) is 8.25. The summed E-state index contributed by atoms with van der Waals surface area (Å²) in [7, 11) is 0. The average Bonchev–Trinajstić information content (AvgIpc) is 3.34. The second kappa shape index (κ2) is 8.71. The molecule has 2 fully saturated rings. The number of rotatable bonds is 5. The van der Waals surface area contributed by atoms with Crippen LogP contribution in [0.1, 0.15) is 55.9 Å². The minimum absolute atomic E-state index is 0.0146. The Labute approximate surface area is 175 Å². The predicted octanol–water partition coefficient (Wildman–Crippen LogP) is 3.66. The van der Waals surface area contributed by atoms with Crippen LogP contribution in [0.5, 0.6) is 0 Å². The molecule has 1 aliphatic heterocycles. The fraction of sp³-hybridized carbons (Fsp3) is 0.571. The van der Waals surface area contributed by atoms with Crippen LogP contribution in [0.4, 0.5) is 5.69 Å². The fourth-order valence-electron chi connectivity index (χ4n) is 4.72. The summed E-state index contributed by atoms with van der Waals surface area (Å²) in [5, 5.41) is 6.57. The lowest BCUT2D eigenvalue weighted by molar-refractivity contribution is -0.119. The van der Waals surface area contributed by atoms with Crippen LogP contribution in [0.25, 0.3) is 5.65 Å². The molecule has 3 heterocycles. The Morgan fingerprint density at radius 3 is 2.83 bits per heavy atom. The number of hydrogen-bond acceptors (Lipinski definition) is 5. The number of nitrogens with one attached hydrogen (secondary N) is 2. The van der Waals surface area contributed by atoms with Gasteiger partial charge in [-0.25, -0.2) is 9.78 Å². The molecule has 2 unspecified atom stereocenters. The Bertz CT molecular complexity index is 907. The number of pyridine rings is 1. The number of ether oxygens (including phenoxy) is 1. The molecule has 2 N–H and O–H groups in total. The van der Waals surface area contributed by atoms with E-state index in [4.69, 9.17) is 16.3 Å². The lowest BCUT2D eigenvalue weighted by Crippen LogP contribution is -2.42. The number of imidazole rings is 1. The Morgan fingerprint density at radius 2 is 2.07 bits per heavy atom. The topological polar surface area (TPSA) is 84.7 Å². The van der Waals surface area contributed by atoms with Gasteiger partial charge in [0.05, 0.1) is 18.3 Å². The Kier molecular flexibility index (Phi) is 6.06. The number of carbonyl (C=O) groups excluding carboxylic acids is 2. The first-order chi connectivity index (χ1) is 14.1. The van der Waals surface area contributed by atoms with Crippen molar-refractivity contribution in [2.45, 2.75) is 51.5 Å². The summed E-state index contributed by atoms with van der Waals surface area (Å²) in [5.74, 6) is 0.454. The third-order valence-electron chi connectivity index (χ3n) is 6.10. The van der Waals surface area contributed by atoms with Crippen molar-refractivity contribution in [3.63, 3.8) is 0 Å². The molecule has 2 aromatic heterocycles. The highest BCUT2D eigenvalue weighted by Crippen LogP contribution is 2.36. The van der Waals surface area contributed by atoms with Gasteiger partial charge in [0.15, 0.2) is 5.69 Å². The number of esters is 1. The molecular weight excluding hydrogens is 392 g/mol. The normalized spacial score (nSPS) is 22.7. The SMILES string of the molecule is CCOC(=O)c1nc2ccc(NC(=O)C3NCCC3C3CCCCC3)cn2c1Cl. The van der Waals surface area contributed by atoms with Gasteiger partial charge in [-0.05, 0) is 43.9 Å². The van der Waals surface area contributed by atoms with Gasteiger partial charge in [0.1, 0.15) is 10.8 Å². The van der Waals surface area contributed by atoms with Gasteiger partial charge in [-0.2, -0.15) is 0 Å². The minimum Gasteiger partial charge on any atom is -0.461 e. The predicted molar refractivity (Wildman–Crippen MR) is 111 cm³/mol. The molecule has 8 heteroatoms. The minimum atomic E-state index is -0.558. The van der Waals surface area contributed by atoms with Gasteiger partial charge in [-0.15, -0.1) is 0 Å².